The third-order valence-corrected chi connectivity index (χ3v) is 4.88. The fraction of sp³-hybridized carbons (Fsp3) is 0.941. The molecule has 128 valence electrons. The minimum atomic E-state index is 0.650. The van der Waals surface area contributed by atoms with Gasteiger partial charge in [-0.2, -0.15) is 0 Å². The number of ether oxygens (including phenoxy) is 1. The Morgan fingerprint density at radius 3 is 2.68 bits per heavy atom. The Balaban J connectivity index is 1.77. The lowest BCUT2D eigenvalue weighted by molar-refractivity contribution is 0.157. The van der Waals surface area contributed by atoms with Crippen LogP contribution >= 0.6 is 0 Å². The van der Waals surface area contributed by atoms with Crippen LogP contribution in [0.5, 0.6) is 0 Å². The number of hydrogen-bond acceptors (Lipinski definition) is 3. The van der Waals surface area contributed by atoms with E-state index in [2.05, 4.69) is 29.0 Å². The van der Waals surface area contributed by atoms with E-state index in [1.807, 2.05) is 0 Å². The largest absolute Gasteiger partial charge is 0.384 e. The van der Waals surface area contributed by atoms with Crippen LogP contribution in [-0.4, -0.2) is 75.3 Å². The molecular weight excluding hydrogens is 276 g/mol. The molecule has 2 rings (SSSR count). The molecule has 0 aromatic rings. The molecule has 2 aliphatic heterocycles. The zero-order valence-electron chi connectivity index (χ0n) is 14.7. The van der Waals surface area contributed by atoms with Gasteiger partial charge in [-0.3, -0.25) is 4.99 Å². The van der Waals surface area contributed by atoms with E-state index in [9.17, 15) is 0 Å². The lowest BCUT2D eigenvalue weighted by Crippen LogP contribution is -2.41. The Labute approximate surface area is 136 Å². The minimum absolute atomic E-state index is 0.650. The van der Waals surface area contributed by atoms with Gasteiger partial charge in [-0.1, -0.05) is 6.92 Å². The molecule has 2 saturated heterocycles. The van der Waals surface area contributed by atoms with Crippen LogP contribution in [-0.2, 0) is 4.74 Å². The summed E-state index contributed by atoms with van der Waals surface area (Å²) in [5.41, 5.74) is 0. The fourth-order valence-corrected chi connectivity index (χ4v) is 3.41. The quantitative estimate of drug-likeness (QED) is 0.598. The van der Waals surface area contributed by atoms with Gasteiger partial charge in [-0.15, -0.1) is 0 Å². The molecule has 1 unspecified atom stereocenters. The van der Waals surface area contributed by atoms with Crippen LogP contribution in [0, 0.1) is 11.8 Å². The highest BCUT2D eigenvalue weighted by atomic mass is 16.5. The highest BCUT2D eigenvalue weighted by Crippen LogP contribution is 2.17. The molecule has 5 nitrogen and oxygen atoms in total. The molecule has 1 N–H and O–H groups in total. The summed E-state index contributed by atoms with van der Waals surface area (Å²) in [6, 6.07) is 0. The van der Waals surface area contributed by atoms with E-state index in [0.717, 1.165) is 51.2 Å². The van der Waals surface area contributed by atoms with Gasteiger partial charge in [0, 0.05) is 39.2 Å². The van der Waals surface area contributed by atoms with Gasteiger partial charge in [-0.05, 0) is 45.2 Å². The number of rotatable bonds is 6. The molecule has 0 saturated carbocycles. The Morgan fingerprint density at radius 1 is 1.23 bits per heavy atom. The van der Waals surface area contributed by atoms with Crippen molar-refractivity contribution in [2.45, 2.75) is 33.1 Å². The number of hydrogen-bond donors (Lipinski definition) is 1. The van der Waals surface area contributed by atoms with Crippen LogP contribution in [0.2, 0.25) is 0 Å². The molecule has 1 atom stereocenters. The molecule has 2 aliphatic rings. The van der Waals surface area contributed by atoms with E-state index in [1.165, 1.54) is 32.4 Å². The summed E-state index contributed by atoms with van der Waals surface area (Å²) in [5, 5.41) is 3.45. The molecule has 0 spiro atoms. The molecule has 2 heterocycles. The van der Waals surface area contributed by atoms with E-state index < -0.39 is 0 Å². The number of likely N-dealkylation sites (tertiary alicyclic amines) is 2. The molecular formula is C17H34N4O. The van der Waals surface area contributed by atoms with E-state index in [1.54, 1.807) is 7.11 Å². The van der Waals surface area contributed by atoms with E-state index in [0.29, 0.717) is 5.92 Å². The first-order valence-corrected chi connectivity index (χ1v) is 8.97. The number of piperidine rings is 1. The second-order valence-electron chi connectivity index (χ2n) is 6.82. The van der Waals surface area contributed by atoms with Crippen LogP contribution in [0.4, 0.5) is 0 Å². The number of guanidine groups is 1. The summed E-state index contributed by atoms with van der Waals surface area (Å²) in [6.45, 7) is 13.0. The zero-order valence-corrected chi connectivity index (χ0v) is 14.7. The molecule has 22 heavy (non-hydrogen) atoms. The second kappa shape index (κ2) is 9.36. The van der Waals surface area contributed by atoms with Crippen LogP contribution in [0.1, 0.15) is 33.1 Å². The first kappa shape index (κ1) is 17.5. The summed E-state index contributed by atoms with van der Waals surface area (Å²) in [4.78, 5) is 9.81. The number of nitrogens with one attached hydrogen (secondary N) is 1. The Kier molecular flexibility index (Phi) is 7.46. The predicted molar refractivity (Wildman–Crippen MR) is 92.4 cm³/mol. The highest BCUT2D eigenvalue weighted by molar-refractivity contribution is 5.80. The Morgan fingerprint density at radius 2 is 2.00 bits per heavy atom. The van der Waals surface area contributed by atoms with Crippen molar-refractivity contribution in [2.24, 2.45) is 16.8 Å². The van der Waals surface area contributed by atoms with Crippen LogP contribution in [0.3, 0.4) is 0 Å². The summed E-state index contributed by atoms with van der Waals surface area (Å²) in [7, 11) is 1.79. The maximum absolute atomic E-state index is 5.29. The van der Waals surface area contributed by atoms with Crippen LogP contribution in [0.25, 0.3) is 0 Å². The Bertz CT molecular complexity index is 340. The molecule has 0 aromatic heterocycles. The molecule has 0 bridgehead atoms. The van der Waals surface area contributed by atoms with Gasteiger partial charge in [0.15, 0.2) is 5.96 Å². The van der Waals surface area contributed by atoms with Crippen molar-refractivity contribution in [2.75, 3.05) is 59.5 Å². The topological polar surface area (TPSA) is 40.1 Å². The van der Waals surface area contributed by atoms with Gasteiger partial charge in [0.2, 0.25) is 0 Å². The zero-order chi connectivity index (χ0) is 15.8. The normalized spacial score (nSPS) is 25.0. The average molecular weight is 310 g/mol. The summed E-state index contributed by atoms with van der Waals surface area (Å²) < 4.78 is 5.29. The fourth-order valence-electron chi connectivity index (χ4n) is 3.41. The number of nitrogens with zero attached hydrogens (tertiary/aromatic N) is 3. The molecule has 0 aliphatic carbocycles. The SMILES string of the molecule is CCNC(=NCCN1CCC(C)CC1)N1CCC(COC)C1. The number of aliphatic imine (C=N–C) groups is 1. The van der Waals surface area contributed by atoms with Crippen molar-refractivity contribution < 1.29 is 4.74 Å². The molecule has 0 amide bonds. The third-order valence-electron chi connectivity index (χ3n) is 4.88. The monoisotopic (exact) mass is 310 g/mol. The van der Waals surface area contributed by atoms with Crippen molar-refractivity contribution in [1.29, 1.82) is 0 Å². The predicted octanol–water partition coefficient (Wildman–Crippen LogP) is 1.65. The average Bonchev–Trinajstić information content (AvgIpc) is 2.97. The van der Waals surface area contributed by atoms with Gasteiger partial charge < -0.3 is 19.9 Å². The van der Waals surface area contributed by atoms with Crippen molar-refractivity contribution in [3.8, 4) is 0 Å². The molecule has 5 heteroatoms. The maximum atomic E-state index is 5.29. The summed E-state index contributed by atoms with van der Waals surface area (Å²) in [5.74, 6) is 2.64. The maximum Gasteiger partial charge on any atom is 0.193 e. The first-order chi connectivity index (χ1) is 10.7. The van der Waals surface area contributed by atoms with Gasteiger partial charge in [0.05, 0.1) is 13.2 Å². The minimum Gasteiger partial charge on any atom is -0.384 e. The van der Waals surface area contributed by atoms with Gasteiger partial charge in [0.1, 0.15) is 0 Å². The van der Waals surface area contributed by atoms with Gasteiger partial charge in [0.25, 0.3) is 0 Å². The van der Waals surface area contributed by atoms with Crippen LogP contribution in [0.15, 0.2) is 4.99 Å². The summed E-state index contributed by atoms with van der Waals surface area (Å²) >= 11 is 0. The molecule has 0 aromatic carbocycles. The van der Waals surface area contributed by atoms with Crippen molar-refractivity contribution in [3.63, 3.8) is 0 Å². The lowest BCUT2D eigenvalue weighted by Gasteiger charge is -2.29. The van der Waals surface area contributed by atoms with Crippen LogP contribution < -0.4 is 5.32 Å². The van der Waals surface area contributed by atoms with E-state index >= 15 is 0 Å². The van der Waals surface area contributed by atoms with Gasteiger partial charge in [-0.25, -0.2) is 0 Å². The highest BCUT2D eigenvalue weighted by Gasteiger charge is 2.24. The van der Waals surface area contributed by atoms with Crippen molar-refractivity contribution in [1.82, 2.24) is 15.1 Å². The lowest BCUT2D eigenvalue weighted by atomic mass is 9.99. The van der Waals surface area contributed by atoms with Crippen molar-refractivity contribution in [3.05, 3.63) is 0 Å². The van der Waals surface area contributed by atoms with E-state index in [4.69, 9.17) is 9.73 Å². The summed E-state index contributed by atoms with van der Waals surface area (Å²) in [6.07, 6.45) is 3.89. The molecule has 2 fully saturated rings. The van der Waals surface area contributed by atoms with E-state index in [-0.39, 0.29) is 0 Å². The van der Waals surface area contributed by atoms with Gasteiger partial charge >= 0.3 is 0 Å². The smallest absolute Gasteiger partial charge is 0.193 e. The van der Waals surface area contributed by atoms with Crippen molar-refractivity contribution >= 4 is 5.96 Å². The Hall–Kier alpha value is -0.810. The standard InChI is InChI=1S/C17H34N4O/c1-4-18-17(21-11-7-16(13-21)14-22-3)19-8-12-20-9-5-15(2)6-10-20/h15-16H,4-14H2,1-3H3,(H,18,19). The first-order valence-electron chi connectivity index (χ1n) is 8.97. The second-order valence-corrected chi connectivity index (χ2v) is 6.82. The third kappa shape index (κ3) is 5.43. The molecule has 0 radical (unpaired) electrons. The number of methoxy groups -OCH3 is 1.